The third-order valence-corrected chi connectivity index (χ3v) is 8.57. The zero-order chi connectivity index (χ0) is 13.7. The van der Waals surface area contributed by atoms with Crippen LogP contribution in [-0.2, 0) is 9.22 Å². The van der Waals surface area contributed by atoms with Crippen molar-refractivity contribution in [1.29, 1.82) is 0 Å². The van der Waals surface area contributed by atoms with Crippen LogP contribution < -0.4 is 0 Å². The van der Waals surface area contributed by atoms with E-state index in [-0.39, 0.29) is 11.0 Å². The fourth-order valence-electron chi connectivity index (χ4n) is 1.81. The molecule has 0 bridgehead atoms. The Labute approximate surface area is 108 Å². The summed E-state index contributed by atoms with van der Waals surface area (Å²) in [6, 6.07) is 0. The van der Waals surface area contributed by atoms with Gasteiger partial charge in [-0.15, -0.1) is 0 Å². The Bertz CT molecular complexity index is 234. The first-order valence-electron chi connectivity index (χ1n) is 6.77. The van der Waals surface area contributed by atoms with Gasteiger partial charge in [0.1, 0.15) is 6.29 Å². The maximum Gasteiger partial charge on any atom is 0.192 e. The summed E-state index contributed by atoms with van der Waals surface area (Å²) in [5, 5.41) is 0.270. The van der Waals surface area contributed by atoms with Gasteiger partial charge in [-0.1, -0.05) is 41.0 Å². The minimum absolute atomic E-state index is 0.0409. The molecule has 2 nitrogen and oxygen atoms in total. The third kappa shape index (κ3) is 4.92. The van der Waals surface area contributed by atoms with Crippen molar-refractivity contribution in [3.8, 4) is 0 Å². The third-order valence-electron chi connectivity index (χ3n) is 4.17. The number of hydrogen-bond donors (Lipinski definition) is 0. The van der Waals surface area contributed by atoms with Crippen LogP contribution in [0.3, 0.4) is 0 Å². The minimum atomic E-state index is -1.74. The van der Waals surface area contributed by atoms with Gasteiger partial charge in [0.2, 0.25) is 0 Å². The fraction of sp³-hybridized carbons (Fsp3) is 0.929. The highest BCUT2D eigenvalue weighted by molar-refractivity contribution is 6.74. The molecule has 0 saturated carbocycles. The molecule has 0 heterocycles. The zero-order valence-corrected chi connectivity index (χ0v) is 13.7. The first kappa shape index (κ1) is 16.8. The molecule has 0 N–H and O–H groups in total. The maximum absolute atomic E-state index is 11.0. The summed E-state index contributed by atoms with van der Waals surface area (Å²) in [4.78, 5) is 11.0. The van der Waals surface area contributed by atoms with Crippen LogP contribution in [0.5, 0.6) is 0 Å². The molecule has 1 atom stereocenters. The Kier molecular flexibility index (Phi) is 6.63. The summed E-state index contributed by atoms with van der Waals surface area (Å²) >= 11 is 0. The minimum Gasteiger partial charge on any atom is -0.416 e. The molecule has 0 radical (unpaired) electrons. The van der Waals surface area contributed by atoms with Crippen LogP contribution in [0.1, 0.15) is 47.5 Å². The molecular formula is C14H30O2Si. The number of carbonyl (C=O) groups is 1. The van der Waals surface area contributed by atoms with E-state index in [2.05, 4.69) is 47.7 Å². The van der Waals surface area contributed by atoms with E-state index in [1.54, 1.807) is 0 Å². The molecule has 17 heavy (non-hydrogen) atoms. The van der Waals surface area contributed by atoms with Crippen molar-refractivity contribution in [3.63, 3.8) is 0 Å². The summed E-state index contributed by atoms with van der Waals surface area (Å²) in [6.45, 7) is 16.1. The van der Waals surface area contributed by atoms with Crippen molar-refractivity contribution in [1.82, 2.24) is 0 Å². The summed E-state index contributed by atoms with van der Waals surface area (Å²) < 4.78 is 6.17. The summed E-state index contributed by atoms with van der Waals surface area (Å²) in [6.07, 6.45) is 3.43. The highest BCUT2D eigenvalue weighted by atomic mass is 28.4. The van der Waals surface area contributed by atoms with E-state index in [1.165, 1.54) is 12.8 Å². The number of hydrogen-bond acceptors (Lipinski definition) is 2. The maximum atomic E-state index is 11.0. The molecule has 3 heteroatoms. The summed E-state index contributed by atoms with van der Waals surface area (Å²) in [5.41, 5.74) is 0. The molecule has 0 aromatic rings. The van der Waals surface area contributed by atoms with Crippen LogP contribution in [0.25, 0.3) is 0 Å². The lowest BCUT2D eigenvalue weighted by molar-refractivity contribution is -0.113. The van der Waals surface area contributed by atoms with Crippen LogP contribution in [-0.4, -0.2) is 21.2 Å². The molecule has 0 fully saturated rings. The van der Waals surface area contributed by atoms with Crippen molar-refractivity contribution >= 4 is 14.6 Å². The van der Waals surface area contributed by atoms with Gasteiger partial charge in [0, 0.05) is 12.5 Å². The van der Waals surface area contributed by atoms with Gasteiger partial charge in [0.15, 0.2) is 8.32 Å². The second-order valence-electron chi connectivity index (χ2n) is 6.50. The van der Waals surface area contributed by atoms with Crippen LogP contribution in [0, 0.1) is 11.8 Å². The molecule has 0 aromatic carbocycles. The smallest absolute Gasteiger partial charge is 0.192 e. The first-order valence-corrected chi connectivity index (χ1v) is 9.68. The summed E-state index contributed by atoms with van der Waals surface area (Å²) in [5.74, 6) is 0.408. The normalized spacial score (nSPS) is 15.1. The molecule has 0 aliphatic carbocycles. The van der Waals surface area contributed by atoms with Crippen molar-refractivity contribution in [2.75, 3.05) is 6.61 Å². The molecule has 0 rings (SSSR count). The van der Waals surface area contributed by atoms with Crippen molar-refractivity contribution < 1.29 is 9.22 Å². The predicted molar refractivity (Wildman–Crippen MR) is 76.8 cm³/mol. The van der Waals surface area contributed by atoms with Crippen molar-refractivity contribution in [3.05, 3.63) is 0 Å². The topological polar surface area (TPSA) is 26.3 Å². The van der Waals surface area contributed by atoms with Gasteiger partial charge < -0.3 is 9.22 Å². The van der Waals surface area contributed by atoms with Gasteiger partial charge in [0.05, 0.1) is 0 Å². The molecule has 102 valence electrons. The van der Waals surface area contributed by atoms with E-state index in [0.717, 1.165) is 6.29 Å². The largest absolute Gasteiger partial charge is 0.416 e. The predicted octanol–water partition coefficient (Wildman–Crippen LogP) is 4.26. The van der Waals surface area contributed by atoms with E-state index in [1.807, 2.05) is 0 Å². The Morgan fingerprint density at radius 3 is 2.18 bits per heavy atom. The monoisotopic (exact) mass is 258 g/mol. The Morgan fingerprint density at radius 1 is 1.29 bits per heavy atom. The second-order valence-corrected chi connectivity index (χ2v) is 11.2. The Morgan fingerprint density at radius 2 is 1.82 bits per heavy atom. The summed E-state index contributed by atoms with van der Waals surface area (Å²) in [7, 11) is -1.74. The highest BCUT2D eigenvalue weighted by Crippen LogP contribution is 2.42. The van der Waals surface area contributed by atoms with Gasteiger partial charge in [-0.2, -0.15) is 0 Å². The molecule has 0 aromatic heterocycles. The number of rotatable bonds is 8. The number of aldehydes is 1. The van der Waals surface area contributed by atoms with Gasteiger partial charge in [0.25, 0.3) is 0 Å². The van der Waals surface area contributed by atoms with Gasteiger partial charge in [-0.25, -0.2) is 0 Å². The lowest BCUT2D eigenvalue weighted by Crippen LogP contribution is -2.44. The van der Waals surface area contributed by atoms with Crippen LogP contribution in [0.2, 0.25) is 18.1 Å². The molecule has 0 aliphatic rings. The molecule has 0 amide bonds. The van der Waals surface area contributed by atoms with Crippen LogP contribution in [0.4, 0.5) is 0 Å². The molecule has 0 unspecified atom stereocenters. The van der Waals surface area contributed by atoms with Crippen molar-refractivity contribution in [2.24, 2.45) is 11.8 Å². The van der Waals surface area contributed by atoms with Crippen LogP contribution in [0.15, 0.2) is 0 Å². The van der Waals surface area contributed by atoms with E-state index >= 15 is 0 Å². The van der Waals surface area contributed by atoms with E-state index in [4.69, 9.17) is 4.43 Å². The standard InChI is InChI=1S/C14H30O2Si/c1-8-9-14(4,5)17(6,7)16-11-13(10-15)12(2)3/h10,12-13H,8-9,11H2,1-7H3/t13-/m1/s1. The number of carbonyl (C=O) groups excluding carboxylic acids is 1. The molecular weight excluding hydrogens is 228 g/mol. The SMILES string of the molecule is CCCC(C)(C)[Si](C)(C)OC[C@@H](C=O)C(C)C. The average molecular weight is 258 g/mol. The highest BCUT2D eigenvalue weighted by Gasteiger charge is 2.40. The quantitative estimate of drug-likeness (QED) is 0.480. The van der Waals surface area contributed by atoms with Crippen molar-refractivity contribution in [2.45, 2.75) is 65.6 Å². The first-order chi connectivity index (χ1) is 7.68. The van der Waals surface area contributed by atoms with E-state index < -0.39 is 8.32 Å². The van der Waals surface area contributed by atoms with E-state index in [0.29, 0.717) is 12.5 Å². The molecule has 0 aliphatic heterocycles. The van der Waals surface area contributed by atoms with Crippen LogP contribution >= 0.6 is 0 Å². The Balaban J connectivity index is 4.49. The average Bonchev–Trinajstić information content (AvgIpc) is 2.17. The van der Waals surface area contributed by atoms with Gasteiger partial charge in [-0.05, 0) is 30.5 Å². The lowest BCUT2D eigenvalue weighted by Gasteiger charge is -2.40. The molecule has 0 spiro atoms. The zero-order valence-electron chi connectivity index (χ0n) is 12.7. The van der Waals surface area contributed by atoms with E-state index in [9.17, 15) is 4.79 Å². The second kappa shape index (κ2) is 6.69. The molecule has 0 saturated heterocycles. The lowest BCUT2D eigenvalue weighted by atomic mass is 9.99. The fourth-order valence-corrected chi connectivity index (χ4v) is 3.67. The van der Waals surface area contributed by atoms with Gasteiger partial charge in [-0.3, -0.25) is 0 Å². The Hall–Kier alpha value is -0.153. The van der Waals surface area contributed by atoms with Gasteiger partial charge >= 0.3 is 0 Å².